The minimum atomic E-state index is 0.0473. The Balaban J connectivity index is 1.29. The van der Waals surface area contributed by atoms with E-state index < -0.39 is 0 Å². The van der Waals surface area contributed by atoms with Gasteiger partial charge in [-0.25, -0.2) is 4.98 Å². The number of carbonyl (C=O) groups excluding carboxylic acids is 1. The van der Waals surface area contributed by atoms with Gasteiger partial charge in [0.05, 0.1) is 17.1 Å². The normalized spacial score (nSPS) is 22.9. The van der Waals surface area contributed by atoms with Gasteiger partial charge in [-0.1, -0.05) is 36.4 Å². The number of aromatic amines is 1. The molecule has 5 heteroatoms. The number of para-hydroxylation sites is 2. The summed E-state index contributed by atoms with van der Waals surface area (Å²) in [6.45, 7) is 3.13. The maximum absolute atomic E-state index is 13.1. The first-order chi connectivity index (χ1) is 13.8. The molecule has 28 heavy (non-hydrogen) atoms. The highest BCUT2D eigenvalue weighted by molar-refractivity contribution is 6.00. The van der Waals surface area contributed by atoms with E-state index in [0.717, 1.165) is 67.7 Å². The van der Waals surface area contributed by atoms with Crippen LogP contribution >= 0.6 is 0 Å². The van der Waals surface area contributed by atoms with Crippen molar-refractivity contribution in [3.05, 3.63) is 65.5 Å². The molecule has 0 spiro atoms. The third-order valence-electron chi connectivity index (χ3n) is 6.15. The van der Waals surface area contributed by atoms with Gasteiger partial charge in [-0.3, -0.25) is 9.69 Å². The zero-order valence-electron chi connectivity index (χ0n) is 16.0. The van der Waals surface area contributed by atoms with Crippen molar-refractivity contribution in [2.24, 2.45) is 0 Å². The Kier molecular flexibility index (Phi) is 4.71. The number of ketones is 1. The summed E-state index contributed by atoms with van der Waals surface area (Å²) in [4.78, 5) is 23.6. The lowest BCUT2D eigenvalue weighted by molar-refractivity contribution is 0.0826. The molecule has 1 aromatic heterocycles. The summed E-state index contributed by atoms with van der Waals surface area (Å²) in [7, 11) is 0. The molecule has 3 heterocycles. The molecule has 0 bridgehead atoms. The fourth-order valence-electron chi connectivity index (χ4n) is 4.69. The largest absolute Gasteiger partial charge is 0.342 e. The van der Waals surface area contributed by atoms with Gasteiger partial charge in [-0.15, -0.1) is 0 Å². The second-order valence-electron chi connectivity index (χ2n) is 7.98. The Morgan fingerprint density at radius 1 is 1.11 bits per heavy atom. The zero-order chi connectivity index (χ0) is 18.9. The minimum Gasteiger partial charge on any atom is -0.342 e. The van der Waals surface area contributed by atoms with Gasteiger partial charge >= 0.3 is 0 Å². The van der Waals surface area contributed by atoms with Crippen LogP contribution in [-0.2, 0) is 6.42 Å². The summed E-state index contributed by atoms with van der Waals surface area (Å²) in [5.74, 6) is 1.23. The molecule has 5 rings (SSSR count). The number of nitrogens with one attached hydrogen (secondary N) is 2. The summed E-state index contributed by atoms with van der Waals surface area (Å²) in [6.07, 6.45) is 4.00. The number of fused-ring (bicyclic) bond motifs is 1. The van der Waals surface area contributed by atoms with Crippen molar-refractivity contribution in [1.82, 2.24) is 20.2 Å². The average molecular weight is 374 g/mol. The van der Waals surface area contributed by atoms with Crippen LogP contribution in [0.1, 0.15) is 41.0 Å². The molecule has 5 nitrogen and oxygen atoms in total. The summed E-state index contributed by atoms with van der Waals surface area (Å²) in [5.41, 5.74) is 4.05. The van der Waals surface area contributed by atoms with Gasteiger partial charge in [0.1, 0.15) is 5.82 Å². The number of H-pyrrole nitrogens is 1. The number of nitrogens with zero attached hydrogens (tertiary/aromatic N) is 2. The molecule has 0 aliphatic carbocycles. The number of aromatic nitrogens is 2. The summed E-state index contributed by atoms with van der Waals surface area (Å²) >= 11 is 0. The Hall–Kier alpha value is -2.50. The van der Waals surface area contributed by atoms with Gasteiger partial charge in [-0.2, -0.15) is 0 Å². The summed E-state index contributed by atoms with van der Waals surface area (Å²) < 4.78 is 0. The lowest BCUT2D eigenvalue weighted by Gasteiger charge is -2.29. The Bertz CT molecular complexity index is 939. The van der Waals surface area contributed by atoms with Crippen molar-refractivity contribution in [2.75, 3.05) is 19.6 Å². The molecule has 2 saturated heterocycles. The first kappa shape index (κ1) is 17.6. The summed E-state index contributed by atoms with van der Waals surface area (Å²) in [5, 5.41) is 3.43. The number of imidazole rings is 1. The SMILES string of the molecule is O=C(c1ccc(Cc2nc3ccccc3[nH]2)cc1)[C@H]1CCCN1C1CCNC1. The third kappa shape index (κ3) is 3.36. The topological polar surface area (TPSA) is 61.0 Å². The molecule has 2 aliphatic rings. The minimum absolute atomic E-state index is 0.0473. The van der Waals surface area contributed by atoms with Crippen molar-refractivity contribution in [3.8, 4) is 0 Å². The molecule has 2 fully saturated rings. The molecule has 144 valence electrons. The molecule has 0 amide bonds. The van der Waals surface area contributed by atoms with Crippen molar-refractivity contribution in [1.29, 1.82) is 0 Å². The van der Waals surface area contributed by atoms with E-state index in [-0.39, 0.29) is 11.8 Å². The molecular weight excluding hydrogens is 348 g/mol. The second-order valence-corrected chi connectivity index (χ2v) is 7.98. The van der Waals surface area contributed by atoms with Crippen LogP contribution in [0, 0.1) is 0 Å². The van der Waals surface area contributed by atoms with Crippen LogP contribution in [0.5, 0.6) is 0 Å². The maximum atomic E-state index is 13.1. The third-order valence-corrected chi connectivity index (χ3v) is 6.15. The number of likely N-dealkylation sites (tertiary alicyclic amines) is 1. The predicted molar refractivity (Wildman–Crippen MR) is 111 cm³/mol. The molecule has 3 aromatic rings. The molecule has 0 saturated carbocycles. The fraction of sp³-hybridized carbons (Fsp3) is 0.391. The molecule has 2 aliphatic heterocycles. The van der Waals surface area contributed by atoms with Crippen LogP contribution in [0.2, 0.25) is 0 Å². The van der Waals surface area contributed by atoms with E-state index >= 15 is 0 Å². The highest BCUT2D eigenvalue weighted by Gasteiger charge is 2.36. The van der Waals surface area contributed by atoms with E-state index in [0.29, 0.717) is 6.04 Å². The fourth-order valence-corrected chi connectivity index (χ4v) is 4.69. The molecule has 2 aromatic carbocycles. The predicted octanol–water partition coefficient (Wildman–Crippen LogP) is 3.16. The van der Waals surface area contributed by atoms with Gasteiger partial charge in [-0.05, 0) is 50.0 Å². The van der Waals surface area contributed by atoms with Gasteiger partial charge in [0.25, 0.3) is 0 Å². The van der Waals surface area contributed by atoms with Crippen molar-refractivity contribution in [2.45, 2.75) is 37.8 Å². The number of rotatable bonds is 5. The first-order valence-electron chi connectivity index (χ1n) is 10.3. The van der Waals surface area contributed by atoms with E-state index in [9.17, 15) is 4.79 Å². The van der Waals surface area contributed by atoms with Crippen molar-refractivity contribution < 1.29 is 4.79 Å². The number of hydrogen-bond acceptors (Lipinski definition) is 4. The Labute approximate surface area is 165 Å². The summed E-state index contributed by atoms with van der Waals surface area (Å²) in [6, 6.07) is 16.8. The maximum Gasteiger partial charge on any atom is 0.179 e. The molecular formula is C23H26N4O. The Morgan fingerprint density at radius 3 is 2.75 bits per heavy atom. The van der Waals surface area contributed by atoms with Crippen LogP contribution in [0.15, 0.2) is 48.5 Å². The van der Waals surface area contributed by atoms with E-state index in [1.54, 1.807) is 0 Å². The van der Waals surface area contributed by atoms with Gasteiger partial charge in [0.2, 0.25) is 0 Å². The smallest absolute Gasteiger partial charge is 0.179 e. The number of hydrogen-bond donors (Lipinski definition) is 2. The van der Waals surface area contributed by atoms with Gasteiger partial charge in [0, 0.05) is 24.6 Å². The highest BCUT2D eigenvalue weighted by atomic mass is 16.1. The van der Waals surface area contributed by atoms with Crippen molar-refractivity contribution >= 4 is 16.8 Å². The van der Waals surface area contributed by atoms with E-state index in [2.05, 4.69) is 32.3 Å². The lowest BCUT2D eigenvalue weighted by Crippen LogP contribution is -2.44. The van der Waals surface area contributed by atoms with Crippen LogP contribution in [-0.4, -0.2) is 52.4 Å². The zero-order valence-corrected chi connectivity index (χ0v) is 16.0. The van der Waals surface area contributed by atoms with E-state index in [1.165, 1.54) is 5.56 Å². The standard InChI is InChI=1S/C23H26N4O/c28-23(21-6-3-13-27(21)18-11-12-24-15-18)17-9-7-16(8-10-17)14-22-25-19-4-1-2-5-20(19)26-22/h1-2,4-5,7-10,18,21,24H,3,6,11-15H2,(H,25,26)/t18?,21-/m1/s1. The first-order valence-corrected chi connectivity index (χ1v) is 10.3. The number of carbonyl (C=O) groups is 1. The Morgan fingerprint density at radius 2 is 1.96 bits per heavy atom. The highest BCUT2D eigenvalue weighted by Crippen LogP contribution is 2.26. The lowest BCUT2D eigenvalue weighted by atomic mass is 9.99. The molecule has 2 atom stereocenters. The van der Waals surface area contributed by atoms with E-state index in [1.807, 2.05) is 36.4 Å². The molecule has 1 unspecified atom stereocenters. The van der Waals surface area contributed by atoms with Crippen LogP contribution < -0.4 is 5.32 Å². The molecule has 0 radical (unpaired) electrons. The van der Waals surface area contributed by atoms with Crippen LogP contribution in [0.25, 0.3) is 11.0 Å². The quantitative estimate of drug-likeness (QED) is 0.674. The monoisotopic (exact) mass is 374 g/mol. The van der Waals surface area contributed by atoms with Gasteiger partial charge < -0.3 is 10.3 Å². The number of benzene rings is 2. The molecule has 2 N–H and O–H groups in total. The second kappa shape index (κ2) is 7.49. The van der Waals surface area contributed by atoms with Crippen molar-refractivity contribution in [3.63, 3.8) is 0 Å². The van der Waals surface area contributed by atoms with E-state index in [4.69, 9.17) is 0 Å². The number of Topliss-reactive ketones (excluding diaryl/α,β-unsaturated/α-hetero) is 1. The van der Waals surface area contributed by atoms with Gasteiger partial charge in [0.15, 0.2) is 5.78 Å². The van der Waals surface area contributed by atoms with Crippen LogP contribution in [0.3, 0.4) is 0 Å². The van der Waals surface area contributed by atoms with Crippen LogP contribution in [0.4, 0.5) is 0 Å². The average Bonchev–Trinajstić information content (AvgIpc) is 3.46.